The van der Waals surface area contributed by atoms with E-state index in [1.165, 1.54) is 10.4 Å². The molecule has 1 amide bonds. The van der Waals surface area contributed by atoms with Crippen molar-refractivity contribution in [2.75, 3.05) is 26.8 Å². The topological polar surface area (TPSA) is 75.7 Å². The van der Waals surface area contributed by atoms with Gasteiger partial charge in [-0.2, -0.15) is 4.31 Å². The van der Waals surface area contributed by atoms with E-state index in [9.17, 15) is 13.2 Å². The average Bonchev–Trinajstić information content (AvgIpc) is 2.48. The standard InChI is InChI=1S/C16H26N2O4S/c1-6-18(7-2)23(20,21)14-9-8-12(3)15(10-14)16(19)17-13(4)11-22-5/h8-10,13H,6-7,11H2,1-5H3,(H,17,19). The minimum Gasteiger partial charge on any atom is -0.383 e. The first kappa shape index (κ1) is 19.6. The molecule has 1 unspecified atom stereocenters. The van der Waals surface area contributed by atoms with E-state index in [2.05, 4.69) is 5.32 Å². The molecule has 0 aliphatic rings. The van der Waals surface area contributed by atoms with Gasteiger partial charge in [-0.05, 0) is 31.5 Å². The molecule has 1 atom stereocenters. The Bertz CT molecular complexity index is 639. The van der Waals surface area contributed by atoms with Gasteiger partial charge >= 0.3 is 0 Å². The maximum Gasteiger partial charge on any atom is 0.251 e. The van der Waals surface area contributed by atoms with Crippen molar-refractivity contribution in [1.82, 2.24) is 9.62 Å². The summed E-state index contributed by atoms with van der Waals surface area (Å²) in [5.74, 6) is -0.302. The molecule has 0 aliphatic heterocycles. The minimum atomic E-state index is -3.58. The molecule has 0 fully saturated rings. The number of carbonyl (C=O) groups is 1. The first-order valence-electron chi connectivity index (χ1n) is 7.68. The molecule has 0 radical (unpaired) electrons. The first-order chi connectivity index (χ1) is 10.8. The van der Waals surface area contributed by atoms with Crippen LogP contribution in [0.1, 0.15) is 36.7 Å². The van der Waals surface area contributed by atoms with E-state index in [1.807, 2.05) is 6.92 Å². The van der Waals surface area contributed by atoms with Crippen molar-refractivity contribution in [1.29, 1.82) is 0 Å². The molecular formula is C16H26N2O4S. The predicted octanol–water partition coefficient (Wildman–Crippen LogP) is 1.79. The van der Waals surface area contributed by atoms with Crippen LogP contribution in [0.4, 0.5) is 0 Å². The second-order valence-electron chi connectivity index (χ2n) is 5.40. The second-order valence-corrected chi connectivity index (χ2v) is 7.33. The SMILES string of the molecule is CCN(CC)S(=O)(=O)c1ccc(C)c(C(=O)NC(C)COC)c1. The van der Waals surface area contributed by atoms with Crippen LogP contribution in [-0.2, 0) is 14.8 Å². The Hall–Kier alpha value is -1.44. The highest BCUT2D eigenvalue weighted by atomic mass is 32.2. The number of nitrogens with zero attached hydrogens (tertiary/aromatic N) is 1. The fourth-order valence-electron chi connectivity index (χ4n) is 2.31. The quantitative estimate of drug-likeness (QED) is 0.781. The van der Waals surface area contributed by atoms with Gasteiger partial charge in [-0.15, -0.1) is 0 Å². The van der Waals surface area contributed by atoms with E-state index >= 15 is 0 Å². The van der Waals surface area contributed by atoms with Gasteiger partial charge in [0, 0.05) is 31.8 Å². The molecule has 0 aromatic heterocycles. The smallest absolute Gasteiger partial charge is 0.251 e. The summed E-state index contributed by atoms with van der Waals surface area (Å²) in [6, 6.07) is 4.48. The lowest BCUT2D eigenvalue weighted by molar-refractivity contribution is 0.0904. The van der Waals surface area contributed by atoms with Gasteiger partial charge in [0.1, 0.15) is 0 Å². The fraction of sp³-hybridized carbons (Fsp3) is 0.562. The highest BCUT2D eigenvalue weighted by Crippen LogP contribution is 2.19. The molecular weight excluding hydrogens is 316 g/mol. The zero-order chi connectivity index (χ0) is 17.6. The number of rotatable bonds is 8. The highest BCUT2D eigenvalue weighted by molar-refractivity contribution is 7.89. The molecule has 0 spiro atoms. The number of amides is 1. The second kappa shape index (κ2) is 8.42. The molecule has 1 rings (SSSR count). The number of hydrogen-bond acceptors (Lipinski definition) is 4. The number of carbonyl (C=O) groups excluding carboxylic acids is 1. The highest BCUT2D eigenvalue weighted by Gasteiger charge is 2.23. The molecule has 7 heteroatoms. The molecule has 0 aliphatic carbocycles. The van der Waals surface area contributed by atoms with E-state index < -0.39 is 10.0 Å². The molecule has 1 aromatic rings. The van der Waals surface area contributed by atoms with E-state index in [0.29, 0.717) is 25.3 Å². The van der Waals surface area contributed by atoms with Crippen LogP contribution in [-0.4, -0.2) is 51.5 Å². The van der Waals surface area contributed by atoms with Gasteiger partial charge in [0.05, 0.1) is 11.5 Å². The summed E-state index contributed by atoms with van der Waals surface area (Å²) in [7, 11) is -2.02. The van der Waals surface area contributed by atoms with Gasteiger partial charge in [-0.3, -0.25) is 4.79 Å². The predicted molar refractivity (Wildman–Crippen MR) is 90.1 cm³/mol. The van der Waals surface area contributed by atoms with Gasteiger partial charge in [-0.25, -0.2) is 8.42 Å². The van der Waals surface area contributed by atoms with Crippen LogP contribution in [0.5, 0.6) is 0 Å². The first-order valence-corrected chi connectivity index (χ1v) is 9.12. The molecule has 23 heavy (non-hydrogen) atoms. The normalized spacial score (nSPS) is 13.1. The van der Waals surface area contributed by atoms with E-state index in [0.717, 1.165) is 5.56 Å². The van der Waals surface area contributed by atoms with Crippen LogP contribution in [0.25, 0.3) is 0 Å². The molecule has 0 saturated carbocycles. The maximum atomic E-state index is 12.6. The van der Waals surface area contributed by atoms with Crippen molar-refractivity contribution in [2.45, 2.75) is 38.6 Å². The third-order valence-electron chi connectivity index (χ3n) is 3.59. The molecule has 0 saturated heterocycles. The maximum absolute atomic E-state index is 12.6. The summed E-state index contributed by atoms with van der Waals surface area (Å²) in [6.45, 7) is 8.35. The summed E-state index contributed by atoms with van der Waals surface area (Å²) >= 11 is 0. The number of hydrogen-bond donors (Lipinski definition) is 1. The van der Waals surface area contributed by atoms with Crippen LogP contribution >= 0.6 is 0 Å². The van der Waals surface area contributed by atoms with Crippen LogP contribution in [0.2, 0.25) is 0 Å². The Labute approximate surface area is 138 Å². The third kappa shape index (κ3) is 4.76. The van der Waals surface area contributed by atoms with Gasteiger partial charge in [0.15, 0.2) is 0 Å². The monoisotopic (exact) mass is 342 g/mol. The molecule has 0 bridgehead atoms. The van der Waals surface area contributed by atoms with Crippen LogP contribution in [0.15, 0.2) is 23.1 Å². The van der Waals surface area contributed by atoms with E-state index in [1.54, 1.807) is 40.0 Å². The van der Waals surface area contributed by atoms with Crippen LogP contribution < -0.4 is 5.32 Å². The lowest BCUT2D eigenvalue weighted by Gasteiger charge is -2.19. The minimum absolute atomic E-state index is 0.136. The number of nitrogens with one attached hydrogen (secondary N) is 1. The molecule has 1 aromatic carbocycles. The largest absolute Gasteiger partial charge is 0.383 e. The number of methoxy groups -OCH3 is 1. The lowest BCUT2D eigenvalue weighted by Crippen LogP contribution is -2.36. The summed E-state index contributed by atoms with van der Waals surface area (Å²) in [5.41, 5.74) is 1.09. The molecule has 6 nitrogen and oxygen atoms in total. The molecule has 0 heterocycles. The number of sulfonamides is 1. The number of benzene rings is 1. The lowest BCUT2D eigenvalue weighted by atomic mass is 10.1. The van der Waals surface area contributed by atoms with E-state index in [-0.39, 0.29) is 16.8 Å². The van der Waals surface area contributed by atoms with Gasteiger partial charge < -0.3 is 10.1 Å². The zero-order valence-electron chi connectivity index (χ0n) is 14.4. The van der Waals surface area contributed by atoms with Crippen molar-refractivity contribution >= 4 is 15.9 Å². The van der Waals surface area contributed by atoms with Gasteiger partial charge in [0.25, 0.3) is 5.91 Å². The average molecular weight is 342 g/mol. The fourth-order valence-corrected chi connectivity index (χ4v) is 3.80. The number of ether oxygens (including phenoxy) is 1. The van der Waals surface area contributed by atoms with Crippen LogP contribution in [0, 0.1) is 6.92 Å². The van der Waals surface area contributed by atoms with Crippen molar-refractivity contribution in [3.05, 3.63) is 29.3 Å². The zero-order valence-corrected chi connectivity index (χ0v) is 15.2. The van der Waals surface area contributed by atoms with Crippen molar-refractivity contribution in [3.8, 4) is 0 Å². The Balaban J connectivity index is 3.15. The van der Waals surface area contributed by atoms with Crippen molar-refractivity contribution in [2.24, 2.45) is 0 Å². The van der Waals surface area contributed by atoms with Gasteiger partial charge in [-0.1, -0.05) is 19.9 Å². The van der Waals surface area contributed by atoms with Crippen molar-refractivity contribution < 1.29 is 17.9 Å². The Morgan fingerprint density at radius 1 is 1.30 bits per heavy atom. The number of aryl methyl sites for hydroxylation is 1. The van der Waals surface area contributed by atoms with Crippen molar-refractivity contribution in [3.63, 3.8) is 0 Å². The molecule has 1 N–H and O–H groups in total. The Morgan fingerprint density at radius 2 is 1.91 bits per heavy atom. The summed E-state index contributed by atoms with van der Waals surface area (Å²) in [5, 5.41) is 2.80. The Morgan fingerprint density at radius 3 is 2.43 bits per heavy atom. The molecule has 130 valence electrons. The van der Waals surface area contributed by atoms with Gasteiger partial charge in [0.2, 0.25) is 10.0 Å². The van der Waals surface area contributed by atoms with E-state index in [4.69, 9.17) is 4.74 Å². The summed E-state index contributed by atoms with van der Waals surface area (Å²) in [6.07, 6.45) is 0. The summed E-state index contributed by atoms with van der Waals surface area (Å²) < 4.78 is 31.5. The Kier molecular flexibility index (Phi) is 7.18. The summed E-state index contributed by atoms with van der Waals surface area (Å²) in [4.78, 5) is 12.5. The third-order valence-corrected chi connectivity index (χ3v) is 5.64. The van der Waals surface area contributed by atoms with Crippen LogP contribution in [0.3, 0.4) is 0 Å².